The summed E-state index contributed by atoms with van der Waals surface area (Å²) in [7, 11) is 0. The Bertz CT molecular complexity index is 602. The molecule has 1 unspecified atom stereocenters. The average Bonchev–Trinajstić information content (AvgIpc) is 3.04. The summed E-state index contributed by atoms with van der Waals surface area (Å²) in [5.74, 6) is -0.744. The Morgan fingerprint density at radius 3 is 2.90 bits per heavy atom. The molecule has 3 rings (SSSR count). The number of hydrogen-bond donors (Lipinski definition) is 2. The molecule has 1 aliphatic rings. The molecule has 9 heteroatoms. The van der Waals surface area contributed by atoms with E-state index in [0.717, 1.165) is 19.4 Å². The Labute approximate surface area is 112 Å². The van der Waals surface area contributed by atoms with Gasteiger partial charge < -0.3 is 10.6 Å². The maximum atomic E-state index is 12.7. The van der Waals surface area contributed by atoms with Crippen molar-refractivity contribution in [1.29, 1.82) is 0 Å². The predicted molar refractivity (Wildman–Crippen MR) is 65.3 cm³/mol. The van der Waals surface area contributed by atoms with Crippen LogP contribution in [0.5, 0.6) is 0 Å². The SMILES string of the molecule is FC(F)(F)c1nnc2ccc(NCC3CCCN3)nn12. The first-order valence-corrected chi connectivity index (χ1v) is 6.31. The van der Waals surface area contributed by atoms with Crippen molar-refractivity contribution in [2.75, 3.05) is 18.4 Å². The van der Waals surface area contributed by atoms with E-state index in [1.807, 2.05) is 0 Å². The summed E-state index contributed by atoms with van der Waals surface area (Å²) >= 11 is 0. The number of alkyl halides is 3. The molecule has 0 saturated carbocycles. The van der Waals surface area contributed by atoms with E-state index in [4.69, 9.17) is 0 Å². The van der Waals surface area contributed by atoms with Gasteiger partial charge in [0.2, 0.25) is 0 Å². The van der Waals surface area contributed by atoms with Crippen molar-refractivity contribution in [2.45, 2.75) is 25.1 Å². The van der Waals surface area contributed by atoms with Crippen LogP contribution >= 0.6 is 0 Å². The van der Waals surface area contributed by atoms with Gasteiger partial charge in [-0.25, -0.2) is 0 Å². The third kappa shape index (κ3) is 2.53. The number of nitrogens with one attached hydrogen (secondary N) is 2. The first-order valence-electron chi connectivity index (χ1n) is 6.31. The molecule has 0 bridgehead atoms. The molecule has 1 atom stereocenters. The lowest BCUT2D eigenvalue weighted by atomic mass is 10.2. The van der Waals surface area contributed by atoms with Gasteiger partial charge in [-0.15, -0.1) is 15.3 Å². The maximum absolute atomic E-state index is 12.7. The Hall–Kier alpha value is -1.90. The molecule has 2 aromatic rings. The van der Waals surface area contributed by atoms with Crippen LogP contribution in [0.4, 0.5) is 19.0 Å². The third-order valence-corrected chi connectivity index (χ3v) is 3.21. The van der Waals surface area contributed by atoms with E-state index >= 15 is 0 Å². The minimum atomic E-state index is -4.57. The van der Waals surface area contributed by atoms with Crippen LogP contribution < -0.4 is 10.6 Å². The Morgan fingerprint density at radius 2 is 2.20 bits per heavy atom. The summed E-state index contributed by atoms with van der Waals surface area (Å²) in [6, 6.07) is 3.38. The van der Waals surface area contributed by atoms with Gasteiger partial charge in [0.25, 0.3) is 5.82 Å². The summed E-state index contributed by atoms with van der Waals surface area (Å²) in [4.78, 5) is 0. The predicted octanol–water partition coefficient (Wildman–Crippen LogP) is 1.31. The van der Waals surface area contributed by atoms with E-state index < -0.39 is 12.0 Å². The van der Waals surface area contributed by atoms with Crippen LogP contribution in [-0.2, 0) is 6.18 Å². The van der Waals surface area contributed by atoms with Gasteiger partial charge in [-0.05, 0) is 31.5 Å². The highest BCUT2D eigenvalue weighted by atomic mass is 19.4. The Kier molecular flexibility index (Phi) is 3.20. The second-order valence-electron chi connectivity index (χ2n) is 4.68. The third-order valence-electron chi connectivity index (χ3n) is 3.21. The van der Waals surface area contributed by atoms with Gasteiger partial charge in [-0.1, -0.05) is 0 Å². The smallest absolute Gasteiger partial charge is 0.367 e. The molecule has 108 valence electrons. The van der Waals surface area contributed by atoms with Crippen LogP contribution in [0, 0.1) is 0 Å². The highest BCUT2D eigenvalue weighted by molar-refractivity contribution is 5.44. The lowest BCUT2D eigenvalue weighted by Gasteiger charge is -2.12. The van der Waals surface area contributed by atoms with Gasteiger partial charge in [-0.3, -0.25) is 0 Å². The van der Waals surface area contributed by atoms with Gasteiger partial charge in [0, 0.05) is 12.6 Å². The highest BCUT2D eigenvalue weighted by Gasteiger charge is 2.37. The number of anilines is 1. The largest absolute Gasteiger partial charge is 0.453 e. The van der Waals surface area contributed by atoms with Crippen molar-refractivity contribution in [3.63, 3.8) is 0 Å². The molecule has 6 nitrogen and oxygen atoms in total. The van der Waals surface area contributed by atoms with Crippen LogP contribution in [0.1, 0.15) is 18.7 Å². The van der Waals surface area contributed by atoms with Crippen LogP contribution in [0.15, 0.2) is 12.1 Å². The number of halogens is 3. The van der Waals surface area contributed by atoms with Crippen molar-refractivity contribution >= 4 is 11.5 Å². The number of fused-ring (bicyclic) bond motifs is 1. The van der Waals surface area contributed by atoms with E-state index in [-0.39, 0.29) is 5.65 Å². The fourth-order valence-electron chi connectivity index (χ4n) is 2.22. The molecular formula is C11H13F3N6. The normalized spacial score (nSPS) is 19.6. The average molecular weight is 286 g/mol. The Balaban J connectivity index is 1.81. The molecule has 0 aliphatic carbocycles. The summed E-state index contributed by atoms with van der Waals surface area (Å²) < 4.78 is 38.9. The molecule has 0 spiro atoms. The number of hydrogen-bond acceptors (Lipinski definition) is 5. The number of rotatable bonds is 3. The highest BCUT2D eigenvalue weighted by Crippen LogP contribution is 2.27. The molecule has 1 fully saturated rings. The number of aromatic nitrogens is 4. The maximum Gasteiger partial charge on any atom is 0.453 e. The van der Waals surface area contributed by atoms with E-state index in [1.54, 1.807) is 6.07 Å². The molecule has 1 saturated heterocycles. The minimum absolute atomic E-state index is 0.0712. The molecule has 2 aromatic heterocycles. The molecule has 3 heterocycles. The van der Waals surface area contributed by atoms with E-state index in [2.05, 4.69) is 25.9 Å². The molecule has 0 radical (unpaired) electrons. The van der Waals surface area contributed by atoms with Crippen LogP contribution in [0.2, 0.25) is 0 Å². The zero-order chi connectivity index (χ0) is 14.2. The first kappa shape index (κ1) is 13.1. The van der Waals surface area contributed by atoms with Crippen LogP contribution in [0.25, 0.3) is 5.65 Å². The molecule has 20 heavy (non-hydrogen) atoms. The van der Waals surface area contributed by atoms with Gasteiger partial charge in [0.05, 0.1) is 0 Å². The first-order chi connectivity index (χ1) is 9.54. The molecule has 2 N–H and O–H groups in total. The lowest BCUT2D eigenvalue weighted by Crippen LogP contribution is -2.29. The fourth-order valence-corrected chi connectivity index (χ4v) is 2.22. The molecule has 0 amide bonds. The minimum Gasteiger partial charge on any atom is -0.367 e. The molecular weight excluding hydrogens is 273 g/mol. The second kappa shape index (κ2) is 4.89. The topological polar surface area (TPSA) is 67.1 Å². The zero-order valence-corrected chi connectivity index (χ0v) is 10.5. The van der Waals surface area contributed by atoms with Crippen LogP contribution in [0.3, 0.4) is 0 Å². The summed E-state index contributed by atoms with van der Waals surface area (Å²) in [6.45, 7) is 1.60. The fraction of sp³-hybridized carbons (Fsp3) is 0.545. The zero-order valence-electron chi connectivity index (χ0n) is 10.5. The lowest BCUT2D eigenvalue weighted by molar-refractivity contribution is -0.146. The van der Waals surface area contributed by atoms with Gasteiger partial charge in [-0.2, -0.15) is 17.7 Å². The van der Waals surface area contributed by atoms with Crippen molar-refractivity contribution < 1.29 is 13.2 Å². The quantitative estimate of drug-likeness (QED) is 0.890. The number of nitrogens with zero attached hydrogens (tertiary/aromatic N) is 4. The Morgan fingerprint density at radius 1 is 1.35 bits per heavy atom. The van der Waals surface area contributed by atoms with Crippen molar-refractivity contribution in [3.8, 4) is 0 Å². The second-order valence-corrected chi connectivity index (χ2v) is 4.68. The summed E-state index contributed by atoms with van der Waals surface area (Å²) in [5, 5.41) is 16.8. The van der Waals surface area contributed by atoms with E-state index in [0.29, 0.717) is 22.9 Å². The van der Waals surface area contributed by atoms with Crippen molar-refractivity contribution in [2.24, 2.45) is 0 Å². The van der Waals surface area contributed by atoms with Gasteiger partial charge in [0.15, 0.2) is 5.65 Å². The van der Waals surface area contributed by atoms with Crippen molar-refractivity contribution in [3.05, 3.63) is 18.0 Å². The standard InChI is InChI=1S/C11H13F3N6/c12-11(13,14)10-18-17-9-4-3-8(19-20(9)10)16-6-7-2-1-5-15-7/h3-4,7,15H,1-2,5-6H2,(H,16,19). The molecule has 1 aliphatic heterocycles. The van der Waals surface area contributed by atoms with Crippen molar-refractivity contribution in [1.82, 2.24) is 25.1 Å². The van der Waals surface area contributed by atoms with E-state index in [1.165, 1.54) is 6.07 Å². The molecule has 0 aromatic carbocycles. The van der Waals surface area contributed by atoms with Crippen LogP contribution in [-0.4, -0.2) is 38.9 Å². The summed E-state index contributed by atoms with van der Waals surface area (Å²) in [6.07, 6.45) is -2.41. The monoisotopic (exact) mass is 286 g/mol. The summed E-state index contributed by atoms with van der Waals surface area (Å²) in [5.41, 5.74) is 0.0712. The van der Waals surface area contributed by atoms with Gasteiger partial charge >= 0.3 is 6.18 Å². The van der Waals surface area contributed by atoms with E-state index in [9.17, 15) is 13.2 Å². The van der Waals surface area contributed by atoms with Gasteiger partial charge in [0.1, 0.15) is 5.82 Å².